The third kappa shape index (κ3) is 4.56. The number of nitrogens with one attached hydrogen (secondary N) is 2. The average molecular weight is 388 g/mol. The van der Waals surface area contributed by atoms with Gasteiger partial charge in [-0.15, -0.1) is 0 Å². The van der Waals surface area contributed by atoms with E-state index in [0.717, 1.165) is 6.07 Å². The maximum absolute atomic E-state index is 13.2. The first-order valence-corrected chi connectivity index (χ1v) is 8.12. The van der Waals surface area contributed by atoms with E-state index >= 15 is 0 Å². The Morgan fingerprint density at radius 3 is 2.32 bits per heavy atom. The molecular formula is C19H15F3N4O2. The molecule has 0 aliphatic carbocycles. The van der Waals surface area contributed by atoms with Gasteiger partial charge in [0.15, 0.2) is 0 Å². The molecule has 0 radical (unpaired) electrons. The van der Waals surface area contributed by atoms with Crippen LogP contribution in [0.5, 0.6) is 0 Å². The Kier molecular flexibility index (Phi) is 5.16. The van der Waals surface area contributed by atoms with Crippen molar-refractivity contribution in [2.24, 2.45) is 0 Å². The molecule has 0 aliphatic heterocycles. The lowest BCUT2D eigenvalue weighted by atomic mass is 10.1. The number of halogens is 3. The molecular weight excluding hydrogens is 373 g/mol. The molecule has 0 spiro atoms. The van der Waals surface area contributed by atoms with Gasteiger partial charge in [-0.05, 0) is 37.3 Å². The van der Waals surface area contributed by atoms with E-state index in [1.807, 2.05) is 0 Å². The minimum atomic E-state index is -4.51. The summed E-state index contributed by atoms with van der Waals surface area (Å²) in [6.45, 7) is 1.60. The van der Waals surface area contributed by atoms with E-state index in [0.29, 0.717) is 17.3 Å². The van der Waals surface area contributed by atoms with Crippen LogP contribution in [0.1, 0.15) is 21.7 Å². The molecule has 3 rings (SSSR count). The van der Waals surface area contributed by atoms with Crippen LogP contribution in [0, 0.1) is 6.92 Å². The van der Waals surface area contributed by atoms with E-state index in [1.165, 1.54) is 36.4 Å². The van der Waals surface area contributed by atoms with Gasteiger partial charge in [-0.25, -0.2) is 14.8 Å². The van der Waals surface area contributed by atoms with Crippen molar-refractivity contribution in [1.82, 2.24) is 9.97 Å². The van der Waals surface area contributed by atoms with Gasteiger partial charge in [0.1, 0.15) is 17.5 Å². The smallest absolute Gasteiger partial charge is 0.418 e. The zero-order valence-corrected chi connectivity index (χ0v) is 14.6. The summed E-state index contributed by atoms with van der Waals surface area (Å²) in [4.78, 5) is 19.4. The monoisotopic (exact) mass is 388 g/mol. The van der Waals surface area contributed by atoms with E-state index in [2.05, 4.69) is 20.6 Å². The van der Waals surface area contributed by atoms with Gasteiger partial charge in [0, 0.05) is 11.8 Å². The van der Waals surface area contributed by atoms with Gasteiger partial charge < -0.3 is 15.7 Å². The number of alkyl halides is 3. The normalized spacial score (nSPS) is 11.1. The van der Waals surface area contributed by atoms with E-state index in [-0.39, 0.29) is 17.1 Å². The lowest BCUT2D eigenvalue weighted by Crippen LogP contribution is -2.09. The average Bonchev–Trinajstić information content (AvgIpc) is 2.61. The fourth-order valence-electron chi connectivity index (χ4n) is 2.55. The molecule has 9 heteroatoms. The van der Waals surface area contributed by atoms with E-state index < -0.39 is 17.7 Å². The van der Waals surface area contributed by atoms with E-state index in [9.17, 15) is 18.0 Å². The predicted octanol–water partition coefficient (Wildman–Crippen LogP) is 4.99. The molecule has 3 N–H and O–H groups in total. The second kappa shape index (κ2) is 7.55. The van der Waals surface area contributed by atoms with Crippen LogP contribution in [0.3, 0.4) is 0 Å². The molecule has 0 amide bonds. The van der Waals surface area contributed by atoms with Gasteiger partial charge in [0.2, 0.25) is 0 Å². The molecule has 1 aromatic heterocycles. The molecule has 3 aromatic rings. The first-order valence-electron chi connectivity index (χ1n) is 8.12. The fourth-order valence-corrected chi connectivity index (χ4v) is 2.55. The van der Waals surface area contributed by atoms with Gasteiger partial charge in [0.25, 0.3) is 0 Å². The molecule has 28 heavy (non-hydrogen) atoms. The Bertz CT molecular complexity index is 1020. The summed E-state index contributed by atoms with van der Waals surface area (Å²) >= 11 is 0. The van der Waals surface area contributed by atoms with Crippen LogP contribution in [0.15, 0.2) is 54.6 Å². The third-order valence-corrected chi connectivity index (χ3v) is 3.72. The second-order valence-corrected chi connectivity index (χ2v) is 5.86. The van der Waals surface area contributed by atoms with E-state index in [4.69, 9.17) is 5.11 Å². The predicted molar refractivity (Wildman–Crippen MR) is 98.2 cm³/mol. The lowest BCUT2D eigenvalue weighted by Gasteiger charge is -2.15. The minimum Gasteiger partial charge on any atom is -0.478 e. The highest BCUT2D eigenvalue weighted by Gasteiger charge is 2.33. The number of aromatic nitrogens is 2. The highest BCUT2D eigenvalue weighted by Crippen LogP contribution is 2.35. The summed E-state index contributed by atoms with van der Waals surface area (Å²) < 4.78 is 39.5. The number of hydrogen-bond donors (Lipinski definition) is 3. The van der Waals surface area contributed by atoms with Crippen molar-refractivity contribution in [2.75, 3.05) is 10.6 Å². The molecule has 0 fully saturated rings. The van der Waals surface area contributed by atoms with Crippen molar-refractivity contribution in [3.05, 3.63) is 71.5 Å². The quantitative estimate of drug-likeness (QED) is 0.571. The van der Waals surface area contributed by atoms with Crippen molar-refractivity contribution >= 4 is 29.0 Å². The highest BCUT2D eigenvalue weighted by molar-refractivity contribution is 5.89. The van der Waals surface area contributed by atoms with Crippen molar-refractivity contribution in [1.29, 1.82) is 0 Å². The number of rotatable bonds is 5. The molecule has 0 atom stereocenters. The van der Waals surface area contributed by atoms with Crippen molar-refractivity contribution in [3.8, 4) is 0 Å². The molecule has 144 valence electrons. The second-order valence-electron chi connectivity index (χ2n) is 5.86. The molecule has 0 saturated carbocycles. The fraction of sp³-hybridized carbons (Fsp3) is 0.105. The Morgan fingerprint density at radius 2 is 1.64 bits per heavy atom. The molecule has 0 bridgehead atoms. The minimum absolute atomic E-state index is 0.0910. The number of para-hydroxylation sites is 1. The molecule has 1 heterocycles. The summed E-state index contributed by atoms with van der Waals surface area (Å²) in [6, 6.07) is 12.6. The van der Waals surface area contributed by atoms with Crippen LogP contribution >= 0.6 is 0 Å². The van der Waals surface area contributed by atoms with Crippen LogP contribution in [-0.4, -0.2) is 21.0 Å². The largest absolute Gasteiger partial charge is 0.478 e. The van der Waals surface area contributed by atoms with Crippen LogP contribution in [0.2, 0.25) is 0 Å². The Balaban J connectivity index is 1.89. The maximum Gasteiger partial charge on any atom is 0.418 e. The van der Waals surface area contributed by atoms with Crippen LogP contribution in [0.25, 0.3) is 0 Å². The summed E-state index contributed by atoms with van der Waals surface area (Å²) in [5.41, 5.74) is -0.380. The molecule has 0 saturated heterocycles. The van der Waals surface area contributed by atoms with Gasteiger partial charge >= 0.3 is 12.1 Å². The van der Waals surface area contributed by atoms with E-state index in [1.54, 1.807) is 19.1 Å². The summed E-state index contributed by atoms with van der Waals surface area (Å²) in [6.07, 6.45) is -4.51. The number of benzene rings is 2. The van der Waals surface area contributed by atoms with Gasteiger partial charge in [-0.2, -0.15) is 13.2 Å². The zero-order valence-electron chi connectivity index (χ0n) is 14.6. The van der Waals surface area contributed by atoms with Crippen molar-refractivity contribution in [3.63, 3.8) is 0 Å². The Hall–Kier alpha value is -3.62. The number of carboxylic acids is 1. The number of aryl methyl sites for hydroxylation is 1. The maximum atomic E-state index is 13.2. The number of carbonyl (C=O) groups is 1. The standard InChI is InChI=1S/C19H15F3N4O2/c1-11-23-16(25-13-6-4-5-12(9-13)18(27)28)10-17(24-11)26-15-8-3-2-7-14(15)19(20,21)22/h2-10H,1H3,(H,27,28)(H2,23,24,25,26). The Morgan fingerprint density at radius 1 is 0.964 bits per heavy atom. The molecule has 0 aliphatic rings. The van der Waals surface area contributed by atoms with Gasteiger partial charge in [-0.1, -0.05) is 18.2 Å². The molecule has 0 unspecified atom stereocenters. The topological polar surface area (TPSA) is 87.1 Å². The first-order chi connectivity index (χ1) is 13.2. The van der Waals surface area contributed by atoms with Crippen molar-refractivity contribution < 1.29 is 23.1 Å². The Labute approximate surface area is 158 Å². The number of hydrogen-bond acceptors (Lipinski definition) is 5. The number of anilines is 4. The SMILES string of the molecule is Cc1nc(Nc2cccc(C(=O)O)c2)cc(Nc2ccccc2C(F)(F)F)n1. The van der Waals surface area contributed by atoms with Crippen LogP contribution < -0.4 is 10.6 Å². The molecule has 6 nitrogen and oxygen atoms in total. The zero-order chi connectivity index (χ0) is 20.3. The first kappa shape index (κ1) is 19.2. The van der Waals surface area contributed by atoms with Crippen LogP contribution in [0.4, 0.5) is 36.2 Å². The summed E-state index contributed by atoms with van der Waals surface area (Å²) in [5.74, 6) is -0.275. The molecule has 2 aromatic carbocycles. The number of carboxylic acid groups (broad SMARTS) is 1. The number of nitrogens with zero attached hydrogens (tertiary/aromatic N) is 2. The van der Waals surface area contributed by atoms with Gasteiger partial charge in [0.05, 0.1) is 16.8 Å². The van der Waals surface area contributed by atoms with Crippen LogP contribution in [-0.2, 0) is 6.18 Å². The summed E-state index contributed by atoms with van der Waals surface area (Å²) in [7, 11) is 0. The number of aromatic carboxylic acids is 1. The summed E-state index contributed by atoms with van der Waals surface area (Å²) in [5, 5.41) is 14.7. The highest BCUT2D eigenvalue weighted by atomic mass is 19.4. The van der Waals surface area contributed by atoms with Gasteiger partial charge in [-0.3, -0.25) is 0 Å². The van der Waals surface area contributed by atoms with Crippen molar-refractivity contribution in [2.45, 2.75) is 13.1 Å². The lowest BCUT2D eigenvalue weighted by molar-refractivity contribution is -0.136. The third-order valence-electron chi connectivity index (χ3n) is 3.72.